The van der Waals surface area contributed by atoms with Crippen molar-refractivity contribution in [1.82, 2.24) is 10.3 Å². The van der Waals surface area contributed by atoms with Crippen LogP contribution in [-0.4, -0.2) is 29.1 Å². The fourth-order valence-corrected chi connectivity index (χ4v) is 0.908. The van der Waals surface area contributed by atoms with Crippen LogP contribution in [0, 0.1) is 5.82 Å². The minimum absolute atomic E-state index is 0.0503. The number of nitrogens with one attached hydrogen (secondary N) is 2. The molecule has 7 heteroatoms. The number of carbonyl (C=O) groups excluding carboxylic acids is 3. The van der Waals surface area contributed by atoms with Crippen LogP contribution >= 0.6 is 0 Å². The van der Waals surface area contributed by atoms with E-state index in [1.807, 2.05) is 0 Å². The maximum Gasteiger partial charge on any atom is 0.314 e. The van der Waals surface area contributed by atoms with Crippen LogP contribution in [0.1, 0.15) is 6.92 Å². The molecular formula is C10H10FN3O3. The Bertz CT molecular complexity index is 445. The van der Waals surface area contributed by atoms with Gasteiger partial charge in [0, 0.05) is 0 Å². The number of amides is 2. The Morgan fingerprint density at radius 1 is 1.29 bits per heavy atom. The van der Waals surface area contributed by atoms with Crippen molar-refractivity contribution >= 4 is 23.4 Å². The average molecular weight is 239 g/mol. The van der Waals surface area contributed by atoms with Gasteiger partial charge in [0.1, 0.15) is 17.4 Å². The first-order valence-electron chi connectivity index (χ1n) is 4.69. The fraction of sp³-hybridized carbons (Fsp3) is 0.200. The Morgan fingerprint density at radius 2 is 2.00 bits per heavy atom. The van der Waals surface area contributed by atoms with E-state index in [0.29, 0.717) is 0 Å². The molecule has 0 aliphatic carbocycles. The quantitative estimate of drug-likeness (QED) is 0.719. The van der Waals surface area contributed by atoms with Gasteiger partial charge < -0.3 is 10.6 Å². The molecule has 1 heterocycles. The highest BCUT2D eigenvalue weighted by Crippen LogP contribution is 2.02. The van der Waals surface area contributed by atoms with Gasteiger partial charge in [0.25, 0.3) is 0 Å². The number of pyridine rings is 1. The van der Waals surface area contributed by atoms with Crippen molar-refractivity contribution in [2.24, 2.45) is 0 Å². The summed E-state index contributed by atoms with van der Waals surface area (Å²) in [5, 5.41) is 4.26. The summed E-state index contributed by atoms with van der Waals surface area (Å²) in [6.07, 6.45) is 0.906. The second kappa shape index (κ2) is 5.69. The Balaban J connectivity index is 2.51. The molecule has 1 rings (SSSR count). The zero-order valence-electron chi connectivity index (χ0n) is 8.99. The standard InChI is InChI=1S/C10H10FN3O3/c1-6(15)4-13-9(16)10(17)14-8-3-2-7(11)5-12-8/h2-3,5H,4H2,1H3,(H,13,16)(H,12,14,17). The number of anilines is 1. The molecule has 0 saturated carbocycles. The number of nitrogens with zero attached hydrogens (tertiary/aromatic N) is 1. The van der Waals surface area contributed by atoms with Crippen LogP contribution in [0.25, 0.3) is 0 Å². The molecule has 0 unspecified atom stereocenters. The van der Waals surface area contributed by atoms with Crippen molar-refractivity contribution in [1.29, 1.82) is 0 Å². The maximum atomic E-state index is 12.5. The molecule has 0 spiro atoms. The first-order chi connectivity index (χ1) is 7.99. The summed E-state index contributed by atoms with van der Waals surface area (Å²) in [5.74, 6) is -2.69. The Morgan fingerprint density at radius 3 is 2.53 bits per heavy atom. The molecule has 0 aliphatic rings. The number of carbonyl (C=O) groups is 3. The second-order valence-electron chi connectivity index (χ2n) is 3.20. The van der Waals surface area contributed by atoms with Crippen molar-refractivity contribution < 1.29 is 18.8 Å². The minimum atomic E-state index is -0.967. The summed E-state index contributed by atoms with van der Waals surface area (Å²) in [7, 11) is 0. The molecule has 0 radical (unpaired) electrons. The van der Waals surface area contributed by atoms with Gasteiger partial charge in [0.05, 0.1) is 12.7 Å². The van der Waals surface area contributed by atoms with Gasteiger partial charge in [-0.3, -0.25) is 14.4 Å². The summed E-state index contributed by atoms with van der Waals surface area (Å²) >= 11 is 0. The minimum Gasteiger partial charge on any atom is -0.341 e. The SMILES string of the molecule is CC(=O)CNC(=O)C(=O)Nc1ccc(F)cn1. The van der Waals surface area contributed by atoms with E-state index in [4.69, 9.17) is 0 Å². The van der Waals surface area contributed by atoms with Crippen LogP contribution in [0.15, 0.2) is 18.3 Å². The molecule has 0 fully saturated rings. The molecule has 0 aliphatic heterocycles. The van der Waals surface area contributed by atoms with E-state index >= 15 is 0 Å². The predicted octanol–water partition coefficient (Wildman–Crippen LogP) is -0.136. The zero-order chi connectivity index (χ0) is 12.8. The van der Waals surface area contributed by atoms with E-state index in [9.17, 15) is 18.8 Å². The number of hydrogen-bond donors (Lipinski definition) is 2. The lowest BCUT2D eigenvalue weighted by molar-refractivity contribution is -0.136. The highest BCUT2D eigenvalue weighted by molar-refractivity contribution is 6.39. The first-order valence-corrected chi connectivity index (χ1v) is 4.69. The summed E-state index contributed by atoms with van der Waals surface area (Å²) in [6, 6.07) is 2.31. The monoisotopic (exact) mass is 239 g/mol. The van der Waals surface area contributed by atoms with Crippen molar-refractivity contribution in [2.45, 2.75) is 6.92 Å². The first kappa shape index (κ1) is 12.8. The van der Waals surface area contributed by atoms with Gasteiger partial charge in [-0.05, 0) is 19.1 Å². The normalized spacial score (nSPS) is 9.53. The topological polar surface area (TPSA) is 88.2 Å². The van der Waals surface area contributed by atoms with Gasteiger partial charge >= 0.3 is 11.8 Å². The van der Waals surface area contributed by atoms with Crippen LogP contribution in [0.3, 0.4) is 0 Å². The number of hydrogen-bond acceptors (Lipinski definition) is 4. The molecule has 1 aromatic rings. The van der Waals surface area contributed by atoms with Crippen LogP contribution in [0.5, 0.6) is 0 Å². The van der Waals surface area contributed by atoms with E-state index < -0.39 is 17.6 Å². The lowest BCUT2D eigenvalue weighted by atomic mass is 10.4. The number of rotatable bonds is 3. The van der Waals surface area contributed by atoms with Crippen molar-refractivity contribution in [3.05, 3.63) is 24.1 Å². The van der Waals surface area contributed by atoms with Crippen molar-refractivity contribution in [3.63, 3.8) is 0 Å². The lowest BCUT2D eigenvalue weighted by Gasteiger charge is -2.04. The van der Waals surface area contributed by atoms with Crippen LogP contribution in [0.4, 0.5) is 10.2 Å². The molecule has 90 valence electrons. The lowest BCUT2D eigenvalue weighted by Crippen LogP contribution is -2.37. The van der Waals surface area contributed by atoms with Crippen LogP contribution in [0.2, 0.25) is 0 Å². The molecule has 0 saturated heterocycles. The number of Topliss-reactive ketones (excluding diaryl/α,β-unsaturated/α-hetero) is 1. The van der Waals surface area contributed by atoms with Crippen molar-refractivity contribution in [3.8, 4) is 0 Å². The molecule has 0 aromatic carbocycles. The third-order valence-electron chi connectivity index (χ3n) is 1.67. The molecular weight excluding hydrogens is 229 g/mol. The van der Waals surface area contributed by atoms with Gasteiger partial charge in [-0.2, -0.15) is 0 Å². The van der Waals surface area contributed by atoms with Gasteiger partial charge in [-0.1, -0.05) is 0 Å². The van der Waals surface area contributed by atoms with Gasteiger partial charge in [0.15, 0.2) is 0 Å². The van der Waals surface area contributed by atoms with E-state index in [-0.39, 0.29) is 18.1 Å². The number of halogens is 1. The molecule has 2 amide bonds. The maximum absolute atomic E-state index is 12.5. The van der Waals surface area contributed by atoms with Crippen LogP contribution in [-0.2, 0) is 14.4 Å². The van der Waals surface area contributed by atoms with Gasteiger partial charge in [-0.15, -0.1) is 0 Å². The third kappa shape index (κ3) is 4.37. The molecule has 1 aromatic heterocycles. The van der Waals surface area contributed by atoms with Crippen molar-refractivity contribution in [2.75, 3.05) is 11.9 Å². The zero-order valence-corrected chi connectivity index (χ0v) is 8.99. The van der Waals surface area contributed by atoms with E-state index in [1.54, 1.807) is 0 Å². The summed E-state index contributed by atoms with van der Waals surface area (Å²) in [5.41, 5.74) is 0. The smallest absolute Gasteiger partial charge is 0.314 e. The number of aromatic nitrogens is 1. The Hall–Kier alpha value is -2.31. The summed E-state index contributed by atoms with van der Waals surface area (Å²) in [6.45, 7) is 1.06. The summed E-state index contributed by atoms with van der Waals surface area (Å²) in [4.78, 5) is 36.5. The number of ketones is 1. The van der Waals surface area contributed by atoms with Gasteiger partial charge in [-0.25, -0.2) is 9.37 Å². The largest absolute Gasteiger partial charge is 0.341 e. The molecule has 2 N–H and O–H groups in total. The third-order valence-corrected chi connectivity index (χ3v) is 1.67. The Labute approximate surface area is 96.2 Å². The molecule has 0 bridgehead atoms. The predicted molar refractivity (Wildman–Crippen MR) is 56.5 cm³/mol. The van der Waals surface area contributed by atoms with E-state index in [2.05, 4.69) is 15.6 Å². The fourth-order valence-electron chi connectivity index (χ4n) is 0.908. The second-order valence-corrected chi connectivity index (χ2v) is 3.20. The van der Waals surface area contributed by atoms with E-state index in [0.717, 1.165) is 12.3 Å². The van der Waals surface area contributed by atoms with Crippen LogP contribution < -0.4 is 10.6 Å². The highest BCUT2D eigenvalue weighted by atomic mass is 19.1. The summed E-state index contributed by atoms with van der Waals surface area (Å²) < 4.78 is 12.5. The van der Waals surface area contributed by atoms with Gasteiger partial charge in [0.2, 0.25) is 0 Å². The molecule has 6 nitrogen and oxygen atoms in total. The highest BCUT2D eigenvalue weighted by Gasteiger charge is 2.14. The average Bonchev–Trinajstić information content (AvgIpc) is 2.28. The molecule has 0 atom stereocenters. The van der Waals surface area contributed by atoms with E-state index in [1.165, 1.54) is 13.0 Å². The Kier molecular flexibility index (Phi) is 4.27. The molecule has 17 heavy (non-hydrogen) atoms.